The zero-order chi connectivity index (χ0) is 16.0. The number of carbonyl (C=O) groups is 1. The molecule has 2 saturated carbocycles. The van der Waals surface area contributed by atoms with Gasteiger partial charge in [0.2, 0.25) is 0 Å². The van der Waals surface area contributed by atoms with Crippen molar-refractivity contribution >= 4 is 5.97 Å². The summed E-state index contributed by atoms with van der Waals surface area (Å²) in [6.45, 7) is 10.0. The van der Waals surface area contributed by atoms with Crippen LogP contribution in [0, 0.1) is 23.2 Å². The van der Waals surface area contributed by atoms with E-state index < -0.39 is 0 Å². The Labute approximate surface area is 140 Å². The van der Waals surface area contributed by atoms with Crippen LogP contribution in [0.3, 0.4) is 0 Å². The molecule has 5 atom stereocenters. The summed E-state index contributed by atoms with van der Waals surface area (Å²) < 4.78 is 5.87. The second-order valence-corrected chi connectivity index (χ2v) is 8.77. The van der Waals surface area contributed by atoms with Crippen LogP contribution in [0.1, 0.15) is 58.3 Å². The van der Waals surface area contributed by atoms with Gasteiger partial charge in [-0.2, -0.15) is 0 Å². The first-order valence-corrected chi connectivity index (χ1v) is 9.67. The number of rotatable bonds is 2. The molecule has 0 aromatic carbocycles. The van der Waals surface area contributed by atoms with E-state index in [-0.39, 0.29) is 18.0 Å². The molecule has 2 aliphatic heterocycles. The molecule has 0 aromatic rings. The topological polar surface area (TPSA) is 29.5 Å². The lowest BCUT2D eigenvalue weighted by Crippen LogP contribution is -2.46. The fourth-order valence-electron chi connectivity index (χ4n) is 5.88. The van der Waals surface area contributed by atoms with Gasteiger partial charge in [0, 0.05) is 12.5 Å². The van der Waals surface area contributed by atoms with Gasteiger partial charge in [-0.1, -0.05) is 25.5 Å². The number of piperidine rings is 1. The van der Waals surface area contributed by atoms with Crippen molar-refractivity contribution in [3.63, 3.8) is 0 Å². The lowest BCUT2D eigenvalue weighted by Gasteiger charge is -2.50. The normalized spacial score (nSPS) is 44.6. The van der Waals surface area contributed by atoms with E-state index in [4.69, 9.17) is 4.74 Å². The van der Waals surface area contributed by atoms with E-state index in [2.05, 4.69) is 18.4 Å². The van der Waals surface area contributed by atoms with E-state index in [0.29, 0.717) is 17.3 Å². The molecule has 0 bridgehead atoms. The zero-order valence-electron chi connectivity index (χ0n) is 14.6. The van der Waals surface area contributed by atoms with Gasteiger partial charge in [-0.3, -0.25) is 4.79 Å². The third kappa shape index (κ3) is 2.75. The standard InChI is InChI=1S/C20H31NO2/c1-14-7-6-8-20(2)12-18-15(11-17(14)20)16(19(22)23-18)13-21-9-4-3-5-10-21/h15-18H,1,3-13H2,2H3/t15?,16-,17-,18?,20+/m0/s1. The summed E-state index contributed by atoms with van der Waals surface area (Å²) in [5.41, 5.74) is 1.75. The number of allylic oxidation sites excluding steroid dienone is 1. The third-order valence-electron chi connectivity index (χ3n) is 7.22. The minimum absolute atomic E-state index is 0.0819. The van der Waals surface area contributed by atoms with E-state index >= 15 is 0 Å². The summed E-state index contributed by atoms with van der Waals surface area (Å²) in [6.07, 6.45) is 9.99. The highest BCUT2D eigenvalue weighted by Crippen LogP contribution is 2.56. The van der Waals surface area contributed by atoms with Gasteiger partial charge in [0.25, 0.3) is 0 Å². The average molecular weight is 317 g/mol. The van der Waals surface area contributed by atoms with Crippen LogP contribution in [0.15, 0.2) is 12.2 Å². The first kappa shape index (κ1) is 15.7. The van der Waals surface area contributed by atoms with Gasteiger partial charge in [-0.15, -0.1) is 0 Å². The molecular formula is C20H31NO2. The molecule has 2 heterocycles. The van der Waals surface area contributed by atoms with Gasteiger partial charge >= 0.3 is 5.97 Å². The molecule has 0 amide bonds. The lowest BCUT2D eigenvalue weighted by atomic mass is 9.55. The molecule has 0 spiro atoms. The van der Waals surface area contributed by atoms with Crippen molar-refractivity contribution in [2.45, 2.75) is 64.4 Å². The highest BCUT2D eigenvalue weighted by molar-refractivity contribution is 5.75. The van der Waals surface area contributed by atoms with E-state index in [1.54, 1.807) is 0 Å². The molecule has 0 N–H and O–H groups in total. The van der Waals surface area contributed by atoms with Gasteiger partial charge < -0.3 is 9.64 Å². The zero-order valence-corrected chi connectivity index (χ0v) is 14.6. The Morgan fingerprint density at radius 3 is 2.83 bits per heavy atom. The van der Waals surface area contributed by atoms with E-state index in [9.17, 15) is 4.79 Å². The first-order valence-electron chi connectivity index (χ1n) is 9.67. The number of fused-ring (bicyclic) bond motifs is 2. The Bertz CT molecular complexity index is 496. The Balaban J connectivity index is 1.50. The Kier molecular flexibility index (Phi) is 4.03. The van der Waals surface area contributed by atoms with Crippen LogP contribution in [0.5, 0.6) is 0 Å². The summed E-state index contributed by atoms with van der Waals surface area (Å²) in [5, 5.41) is 0. The summed E-state index contributed by atoms with van der Waals surface area (Å²) >= 11 is 0. The van der Waals surface area contributed by atoms with E-state index in [1.165, 1.54) is 44.1 Å². The molecular weight excluding hydrogens is 286 g/mol. The van der Waals surface area contributed by atoms with Crippen LogP contribution < -0.4 is 0 Å². The van der Waals surface area contributed by atoms with Crippen molar-refractivity contribution in [1.29, 1.82) is 0 Å². The largest absolute Gasteiger partial charge is 0.462 e. The maximum atomic E-state index is 12.5. The number of ether oxygens (including phenoxy) is 1. The molecule has 0 radical (unpaired) electrons. The smallest absolute Gasteiger partial charge is 0.310 e. The monoisotopic (exact) mass is 317 g/mol. The second kappa shape index (κ2) is 5.91. The van der Waals surface area contributed by atoms with E-state index in [1.807, 2.05) is 0 Å². The predicted molar refractivity (Wildman–Crippen MR) is 91.0 cm³/mol. The summed E-state index contributed by atoms with van der Waals surface area (Å²) in [5.74, 6) is 1.23. The molecule has 4 fully saturated rings. The average Bonchev–Trinajstić information content (AvgIpc) is 2.81. The number of hydrogen-bond donors (Lipinski definition) is 0. The van der Waals surface area contributed by atoms with Crippen LogP contribution in [-0.2, 0) is 9.53 Å². The minimum atomic E-state index is 0.0819. The van der Waals surface area contributed by atoms with Crippen molar-refractivity contribution in [3.8, 4) is 0 Å². The van der Waals surface area contributed by atoms with Gasteiger partial charge in [0.15, 0.2) is 0 Å². The molecule has 3 nitrogen and oxygen atoms in total. The predicted octanol–water partition coefficient (Wildman–Crippen LogP) is 3.79. The quantitative estimate of drug-likeness (QED) is 0.573. The fraction of sp³-hybridized carbons (Fsp3) is 0.850. The number of likely N-dealkylation sites (tertiary alicyclic amines) is 1. The van der Waals surface area contributed by atoms with Crippen molar-refractivity contribution in [3.05, 3.63) is 12.2 Å². The molecule has 23 heavy (non-hydrogen) atoms. The Morgan fingerprint density at radius 2 is 2.04 bits per heavy atom. The van der Waals surface area contributed by atoms with Crippen LogP contribution >= 0.6 is 0 Å². The van der Waals surface area contributed by atoms with Gasteiger partial charge in [0.1, 0.15) is 6.10 Å². The molecule has 4 aliphatic rings. The first-order chi connectivity index (χ1) is 11.1. The maximum Gasteiger partial charge on any atom is 0.310 e. The van der Waals surface area contributed by atoms with E-state index in [0.717, 1.165) is 32.5 Å². The SMILES string of the molecule is C=C1CCC[C@]2(C)CC3OC(=O)[C@@H](CN4CCCCC4)C3C[C@@H]12. The molecule has 2 aliphatic carbocycles. The number of hydrogen-bond acceptors (Lipinski definition) is 3. The number of nitrogens with zero attached hydrogens (tertiary/aromatic N) is 1. The molecule has 0 aromatic heterocycles. The third-order valence-corrected chi connectivity index (χ3v) is 7.22. The fourth-order valence-corrected chi connectivity index (χ4v) is 5.88. The van der Waals surface area contributed by atoms with Gasteiger partial charge in [-0.05, 0) is 69.4 Å². The molecule has 128 valence electrons. The second-order valence-electron chi connectivity index (χ2n) is 8.77. The number of esters is 1. The van der Waals surface area contributed by atoms with Crippen LogP contribution in [0.4, 0.5) is 0 Å². The maximum absolute atomic E-state index is 12.5. The summed E-state index contributed by atoms with van der Waals surface area (Å²) in [6, 6.07) is 0. The van der Waals surface area contributed by atoms with Crippen molar-refractivity contribution < 1.29 is 9.53 Å². The molecule has 2 saturated heterocycles. The Hall–Kier alpha value is -0.830. The van der Waals surface area contributed by atoms with Crippen molar-refractivity contribution in [2.24, 2.45) is 23.2 Å². The highest BCUT2D eigenvalue weighted by atomic mass is 16.6. The van der Waals surface area contributed by atoms with Crippen molar-refractivity contribution in [2.75, 3.05) is 19.6 Å². The van der Waals surface area contributed by atoms with Crippen LogP contribution in [-0.4, -0.2) is 36.6 Å². The summed E-state index contributed by atoms with van der Waals surface area (Å²) in [4.78, 5) is 15.0. The van der Waals surface area contributed by atoms with Gasteiger partial charge in [0.05, 0.1) is 5.92 Å². The van der Waals surface area contributed by atoms with Gasteiger partial charge in [-0.25, -0.2) is 0 Å². The van der Waals surface area contributed by atoms with Crippen LogP contribution in [0.2, 0.25) is 0 Å². The molecule has 2 unspecified atom stereocenters. The Morgan fingerprint density at radius 1 is 1.26 bits per heavy atom. The van der Waals surface area contributed by atoms with Crippen LogP contribution in [0.25, 0.3) is 0 Å². The van der Waals surface area contributed by atoms with Crippen molar-refractivity contribution in [1.82, 2.24) is 4.90 Å². The minimum Gasteiger partial charge on any atom is -0.462 e. The number of carbonyl (C=O) groups excluding carboxylic acids is 1. The molecule has 4 rings (SSSR count). The summed E-state index contributed by atoms with van der Waals surface area (Å²) in [7, 11) is 0. The molecule has 3 heteroatoms. The lowest BCUT2D eigenvalue weighted by molar-refractivity contribution is -0.146. The highest BCUT2D eigenvalue weighted by Gasteiger charge is 2.55.